The van der Waals surface area contributed by atoms with Gasteiger partial charge in [-0.05, 0) is 76.1 Å². The van der Waals surface area contributed by atoms with Gasteiger partial charge in [-0.15, -0.1) is 0 Å². The Balaban J connectivity index is 1.32. The van der Waals surface area contributed by atoms with Crippen LogP contribution in [0.5, 0.6) is 0 Å². The first-order chi connectivity index (χ1) is 15.2. The molecule has 0 aromatic carbocycles. The summed E-state index contributed by atoms with van der Waals surface area (Å²) in [5.74, 6) is 1.50. The fraction of sp³-hybridized carbons (Fsp3) is 0.636. The van der Waals surface area contributed by atoms with E-state index < -0.39 is 0 Å². The summed E-state index contributed by atoms with van der Waals surface area (Å²) in [4.78, 5) is 25.3. The van der Waals surface area contributed by atoms with Crippen molar-refractivity contribution in [2.75, 3.05) is 50.4 Å². The molecule has 0 radical (unpaired) electrons. The fourth-order valence-corrected chi connectivity index (χ4v) is 4.66. The summed E-state index contributed by atoms with van der Waals surface area (Å²) in [6, 6.07) is 0.437. The Hall–Kier alpha value is -2.20. The number of nitrogens with one attached hydrogen (secondary N) is 2. The predicted octanol–water partition coefficient (Wildman–Crippen LogP) is 3.42. The summed E-state index contributed by atoms with van der Waals surface area (Å²) >= 11 is 3.52. The van der Waals surface area contributed by atoms with E-state index in [2.05, 4.69) is 59.4 Å². The van der Waals surface area contributed by atoms with Crippen LogP contribution in [0.25, 0.3) is 0 Å². The summed E-state index contributed by atoms with van der Waals surface area (Å²) < 4.78 is 2.89. The molecule has 2 saturated heterocycles. The summed E-state index contributed by atoms with van der Waals surface area (Å²) in [7, 11) is 2.17. The van der Waals surface area contributed by atoms with Gasteiger partial charge in [0.25, 0.3) is 0 Å². The quantitative estimate of drug-likeness (QED) is 0.420. The second-order valence-electron chi connectivity index (χ2n) is 9.55. The van der Waals surface area contributed by atoms with Crippen molar-refractivity contribution in [1.82, 2.24) is 29.5 Å². The third-order valence-corrected chi connectivity index (χ3v) is 6.90. The van der Waals surface area contributed by atoms with Crippen LogP contribution < -0.4 is 10.6 Å². The van der Waals surface area contributed by atoms with Crippen molar-refractivity contribution in [3.63, 3.8) is 0 Å². The number of likely N-dealkylation sites (tertiary alicyclic amines) is 2. The number of hydrogen-bond acceptors (Lipinski definition) is 7. The van der Waals surface area contributed by atoms with Crippen LogP contribution in [-0.4, -0.2) is 75.2 Å². The number of anilines is 3. The zero-order valence-electron chi connectivity index (χ0n) is 19.4. The molecule has 1 amide bonds. The molecule has 174 valence electrons. The minimum atomic E-state index is -0.192. The van der Waals surface area contributed by atoms with Crippen LogP contribution >= 0.6 is 15.9 Å². The molecule has 0 aliphatic carbocycles. The molecule has 0 saturated carbocycles. The minimum absolute atomic E-state index is 0.192. The van der Waals surface area contributed by atoms with E-state index in [0.717, 1.165) is 73.7 Å². The molecule has 10 heteroatoms. The average molecular weight is 505 g/mol. The summed E-state index contributed by atoms with van der Waals surface area (Å²) in [5.41, 5.74) is 1.67. The highest BCUT2D eigenvalue weighted by molar-refractivity contribution is 9.10. The number of carbonyl (C=O) groups excluding carboxylic acids is 1. The maximum atomic E-state index is 12.0. The van der Waals surface area contributed by atoms with Crippen LogP contribution in [0.15, 0.2) is 16.9 Å². The van der Waals surface area contributed by atoms with Crippen molar-refractivity contribution in [2.45, 2.75) is 46.1 Å². The topological polar surface area (TPSA) is 91.2 Å². The molecule has 2 aromatic rings. The maximum Gasteiger partial charge on any atom is 0.230 e. The number of nitrogens with zero attached hydrogens (tertiary/aromatic N) is 6. The van der Waals surface area contributed by atoms with E-state index >= 15 is 0 Å². The van der Waals surface area contributed by atoms with E-state index in [9.17, 15) is 4.79 Å². The van der Waals surface area contributed by atoms with E-state index in [1.54, 1.807) is 6.20 Å². The first kappa shape index (κ1) is 23.0. The Morgan fingerprint density at radius 1 is 1.28 bits per heavy atom. The van der Waals surface area contributed by atoms with Crippen LogP contribution in [0.4, 0.5) is 17.5 Å². The number of rotatable bonds is 8. The Bertz CT molecular complexity index is 967. The van der Waals surface area contributed by atoms with Crippen molar-refractivity contribution in [3.05, 3.63) is 22.6 Å². The second-order valence-corrected chi connectivity index (χ2v) is 10.4. The monoisotopic (exact) mass is 504 g/mol. The van der Waals surface area contributed by atoms with Gasteiger partial charge in [0.1, 0.15) is 5.82 Å². The van der Waals surface area contributed by atoms with Gasteiger partial charge in [0.15, 0.2) is 0 Å². The summed E-state index contributed by atoms with van der Waals surface area (Å²) in [5, 5.41) is 11.4. The molecule has 2 fully saturated rings. The van der Waals surface area contributed by atoms with Gasteiger partial charge in [0.05, 0.1) is 27.3 Å². The minimum Gasteiger partial charge on any atom is -0.369 e. The van der Waals surface area contributed by atoms with Crippen molar-refractivity contribution in [2.24, 2.45) is 5.41 Å². The lowest BCUT2D eigenvalue weighted by atomic mass is 9.83. The number of carbonyl (C=O) groups is 1. The highest BCUT2D eigenvalue weighted by Gasteiger charge is 2.43. The van der Waals surface area contributed by atoms with Crippen molar-refractivity contribution in [1.29, 1.82) is 0 Å². The van der Waals surface area contributed by atoms with Crippen molar-refractivity contribution >= 4 is 39.3 Å². The van der Waals surface area contributed by atoms with E-state index in [1.807, 2.05) is 25.7 Å². The SMILES string of the molecule is Cc1nn(C2CCN(C)CC2)cc1Nc1ncc(Br)c(NCCCN2CC(C)(C)C2=O)n1. The third kappa shape index (κ3) is 5.06. The first-order valence-corrected chi connectivity index (χ1v) is 12.1. The lowest BCUT2D eigenvalue weighted by Crippen LogP contribution is -2.58. The zero-order valence-corrected chi connectivity index (χ0v) is 20.9. The molecule has 32 heavy (non-hydrogen) atoms. The molecule has 2 aliphatic heterocycles. The summed E-state index contributed by atoms with van der Waals surface area (Å²) in [6.45, 7) is 10.5. The second kappa shape index (κ2) is 9.35. The smallest absolute Gasteiger partial charge is 0.230 e. The molecule has 4 heterocycles. The molecular formula is C22H33BrN8O. The molecule has 0 spiro atoms. The Kier molecular flexibility index (Phi) is 6.71. The van der Waals surface area contributed by atoms with Crippen molar-refractivity contribution in [3.8, 4) is 0 Å². The van der Waals surface area contributed by atoms with Gasteiger partial charge in [-0.1, -0.05) is 0 Å². The van der Waals surface area contributed by atoms with Crippen LogP contribution in [0.3, 0.4) is 0 Å². The number of amides is 1. The van der Waals surface area contributed by atoms with Crippen LogP contribution in [0, 0.1) is 12.3 Å². The number of hydrogen-bond donors (Lipinski definition) is 2. The number of β-lactam (4-membered cyclic amide) rings is 1. The maximum absolute atomic E-state index is 12.0. The number of halogens is 1. The van der Waals surface area contributed by atoms with Gasteiger partial charge in [-0.2, -0.15) is 10.1 Å². The number of aromatic nitrogens is 4. The average Bonchev–Trinajstić information content (AvgIpc) is 3.12. The molecule has 9 nitrogen and oxygen atoms in total. The van der Waals surface area contributed by atoms with E-state index in [-0.39, 0.29) is 11.3 Å². The summed E-state index contributed by atoms with van der Waals surface area (Å²) in [6.07, 6.45) is 6.90. The number of aryl methyl sites for hydroxylation is 1. The molecule has 4 rings (SSSR count). The van der Waals surface area contributed by atoms with Gasteiger partial charge < -0.3 is 20.4 Å². The molecule has 0 atom stereocenters. The highest BCUT2D eigenvalue weighted by atomic mass is 79.9. The van der Waals surface area contributed by atoms with Gasteiger partial charge in [-0.3, -0.25) is 9.48 Å². The Morgan fingerprint density at radius 3 is 2.72 bits per heavy atom. The Morgan fingerprint density at radius 2 is 2.03 bits per heavy atom. The molecule has 2 aliphatic rings. The standard InChI is InChI=1S/C22H33BrN8O/c1-15-18(13-31(28-15)16-6-10-29(4)11-7-16)26-21-25-12-17(23)19(27-21)24-8-5-9-30-14-22(2,3)20(30)32/h12-13,16H,5-11,14H2,1-4H3,(H2,24,25,26,27). The normalized spacial score (nSPS) is 19.2. The third-order valence-electron chi connectivity index (χ3n) is 6.32. The van der Waals surface area contributed by atoms with E-state index in [0.29, 0.717) is 12.0 Å². The van der Waals surface area contributed by atoms with E-state index in [4.69, 9.17) is 5.10 Å². The van der Waals surface area contributed by atoms with Gasteiger partial charge >= 0.3 is 0 Å². The molecule has 0 unspecified atom stereocenters. The molecule has 2 N–H and O–H groups in total. The van der Waals surface area contributed by atoms with Crippen molar-refractivity contribution < 1.29 is 4.79 Å². The van der Waals surface area contributed by atoms with Gasteiger partial charge in [0.2, 0.25) is 11.9 Å². The lowest BCUT2D eigenvalue weighted by molar-refractivity contribution is -0.156. The molecular weight excluding hydrogens is 472 g/mol. The van der Waals surface area contributed by atoms with Crippen LogP contribution in [0.2, 0.25) is 0 Å². The zero-order chi connectivity index (χ0) is 22.9. The van der Waals surface area contributed by atoms with Gasteiger partial charge in [0, 0.05) is 32.0 Å². The van der Waals surface area contributed by atoms with Crippen LogP contribution in [0.1, 0.15) is 44.8 Å². The lowest BCUT2D eigenvalue weighted by Gasteiger charge is -2.44. The molecule has 2 aromatic heterocycles. The number of piperidine rings is 1. The highest BCUT2D eigenvalue weighted by Crippen LogP contribution is 2.30. The predicted molar refractivity (Wildman–Crippen MR) is 129 cm³/mol. The largest absolute Gasteiger partial charge is 0.369 e. The Labute approximate surface area is 198 Å². The van der Waals surface area contributed by atoms with E-state index in [1.165, 1.54) is 0 Å². The van der Waals surface area contributed by atoms with Gasteiger partial charge in [-0.25, -0.2) is 4.98 Å². The molecule has 0 bridgehead atoms. The fourth-order valence-electron chi connectivity index (χ4n) is 4.33. The van der Waals surface area contributed by atoms with Crippen LogP contribution in [-0.2, 0) is 4.79 Å². The first-order valence-electron chi connectivity index (χ1n) is 11.3.